The average Bonchev–Trinajstić information content (AvgIpc) is 3.58. The first-order valence-electron chi connectivity index (χ1n) is 13.1. The maximum atomic E-state index is 6.78. The lowest BCUT2D eigenvalue weighted by Gasteiger charge is -2.29. The van der Waals surface area contributed by atoms with Gasteiger partial charge in [-0.3, -0.25) is 0 Å². The monoisotopic (exact) mass is 517 g/mol. The van der Waals surface area contributed by atoms with Crippen molar-refractivity contribution in [1.82, 2.24) is 0 Å². The van der Waals surface area contributed by atoms with Gasteiger partial charge in [0.1, 0.15) is 11.2 Å². The summed E-state index contributed by atoms with van der Waals surface area (Å²) in [6, 6.07) is 49.2. The molecule has 184 valence electrons. The maximum Gasteiger partial charge on any atom is 0.146 e. The fourth-order valence-corrected chi connectivity index (χ4v) is 7.05. The van der Waals surface area contributed by atoms with Crippen LogP contribution in [0.2, 0.25) is 0 Å². The third-order valence-corrected chi connectivity index (χ3v) is 8.62. The molecule has 0 unspecified atom stereocenters. The van der Waals surface area contributed by atoms with Crippen LogP contribution in [0.4, 0.5) is 17.1 Å². The van der Waals surface area contributed by atoms with E-state index in [1.54, 1.807) is 0 Å². The minimum atomic E-state index is 0.909. The Morgan fingerprint density at radius 3 is 1.77 bits per heavy atom. The average molecular weight is 518 g/mol. The Balaban J connectivity index is 1.67. The molecule has 0 aliphatic carbocycles. The Hall–Kier alpha value is -4.86. The van der Waals surface area contributed by atoms with Crippen LogP contribution in [0.25, 0.3) is 53.2 Å². The molecule has 8 aromatic rings. The Kier molecular flexibility index (Phi) is 5.04. The summed E-state index contributed by atoms with van der Waals surface area (Å²) in [4.78, 5) is 2.40. The minimum absolute atomic E-state index is 0.909. The molecule has 0 saturated heterocycles. The van der Waals surface area contributed by atoms with Crippen LogP contribution < -0.4 is 4.90 Å². The third-order valence-electron chi connectivity index (χ3n) is 7.43. The number of hydrogen-bond donors (Lipinski definition) is 0. The standard InChI is InChI=1S/C36H23NOS/c1-4-14-24(15-5-1)31-34(37(25-16-6-2-7-17-25)26-18-8-3-9-19-26)32-28-21-11-13-23-30(28)39-36(32)33-27-20-10-12-22-29(27)38-35(31)33/h1-23H. The van der Waals surface area contributed by atoms with E-state index in [0.717, 1.165) is 44.7 Å². The number of hydrogen-bond acceptors (Lipinski definition) is 3. The molecule has 0 spiro atoms. The zero-order valence-electron chi connectivity index (χ0n) is 21.0. The first-order valence-corrected chi connectivity index (χ1v) is 13.9. The van der Waals surface area contributed by atoms with E-state index >= 15 is 0 Å². The van der Waals surface area contributed by atoms with Gasteiger partial charge in [0.05, 0.1) is 5.69 Å². The van der Waals surface area contributed by atoms with E-state index in [4.69, 9.17) is 4.42 Å². The van der Waals surface area contributed by atoms with E-state index < -0.39 is 0 Å². The number of anilines is 3. The summed E-state index contributed by atoms with van der Waals surface area (Å²) in [6.07, 6.45) is 0. The van der Waals surface area contributed by atoms with E-state index in [9.17, 15) is 0 Å². The number of benzene rings is 6. The number of thiophene rings is 1. The highest BCUT2D eigenvalue weighted by molar-refractivity contribution is 7.27. The lowest BCUT2D eigenvalue weighted by molar-refractivity contribution is 0.670. The largest absolute Gasteiger partial charge is 0.455 e. The van der Waals surface area contributed by atoms with Gasteiger partial charge in [-0.05, 0) is 42.0 Å². The summed E-state index contributed by atoms with van der Waals surface area (Å²) in [5, 5.41) is 4.85. The van der Waals surface area contributed by atoms with Crippen molar-refractivity contribution in [3.63, 3.8) is 0 Å². The Bertz CT molecular complexity index is 2070. The van der Waals surface area contributed by atoms with Gasteiger partial charge in [-0.15, -0.1) is 11.3 Å². The summed E-state index contributed by atoms with van der Waals surface area (Å²) < 4.78 is 9.31. The van der Waals surface area contributed by atoms with E-state index in [1.165, 1.54) is 25.6 Å². The molecule has 0 radical (unpaired) electrons. The first kappa shape index (κ1) is 22.2. The minimum Gasteiger partial charge on any atom is -0.455 e. The normalized spacial score (nSPS) is 11.6. The summed E-state index contributed by atoms with van der Waals surface area (Å²) in [6.45, 7) is 0. The molecule has 0 aliphatic rings. The molecule has 0 amide bonds. The van der Waals surface area contributed by atoms with Gasteiger partial charge in [-0.25, -0.2) is 0 Å². The summed E-state index contributed by atoms with van der Waals surface area (Å²) in [7, 11) is 0. The number of nitrogens with zero attached hydrogens (tertiary/aromatic N) is 1. The van der Waals surface area contributed by atoms with Gasteiger partial charge in [-0.2, -0.15) is 0 Å². The molecule has 0 fully saturated rings. The maximum absolute atomic E-state index is 6.78. The molecule has 3 heteroatoms. The Labute approximate surface area is 230 Å². The number of fused-ring (bicyclic) bond motifs is 7. The summed E-state index contributed by atoms with van der Waals surface area (Å²) >= 11 is 1.85. The van der Waals surface area contributed by atoms with Crippen molar-refractivity contribution >= 4 is 70.5 Å². The molecule has 0 N–H and O–H groups in total. The predicted molar refractivity (Wildman–Crippen MR) is 167 cm³/mol. The van der Waals surface area contributed by atoms with E-state index in [1.807, 2.05) is 11.3 Å². The highest BCUT2D eigenvalue weighted by atomic mass is 32.1. The van der Waals surface area contributed by atoms with E-state index in [-0.39, 0.29) is 0 Å². The van der Waals surface area contributed by atoms with Gasteiger partial charge in [-0.1, -0.05) is 103 Å². The summed E-state index contributed by atoms with van der Waals surface area (Å²) in [5.74, 6) is 0. The van der Waals surface area contributed by atoms with Gasteiger partial charge in [0.15, 0.2) is 0 Å². The quantitative estimate of drug-likeness (QED) is 0.231. The van der Waals surface area contributed by atoms with Crippen molar-refractivity contribution in [2.75, 3.05) is 4.90 Å². The van der Waals surface area contributed by atoms with Crippen LogP contribution in [0, 0.1) is 0 Å². The molecule has 2 nitrogen and oxygen atoms in total. The lowest BCUT2D eigenvalue weighted by atomic mass is 9.94. The highest BCUT2D eigenvalue weighted by Crippen LogP contribution is 2.55. The van der Waals surface area contributed by atoms with Gasteiger partial charge >= 0.3 is 0 Å². The summed E-state index contributed by atoms with van der Waals surface area (Å²) in [5.41, 5.74) is 7.41. The fourth-order valence-electron chi connectivity index (χ4n) is 5.79. The number of rotatable bonds is 4. The van der Waals surface area contributed by atoms with Gasteiger partial charge < -0.3 is 9.32 Å². The van der Waals surface area contributed by atoms with Gasteiger partial charge in [0, 0.05) is 47.9 Å². The van der Waals surface area contributed by atoms with Crippen molar-refractivity contribution in [3.8, 4) is 11.1 Å². The van der Waals surface area contributed by atoms with E-state index in [2.05, 4.69) is 144 Å². The molecular formula is C36H23NOS. The predicted octanol–water partition coefficient (Wildman–Crippen LogP) is 11.1. The first-order chi connectivity index (χ1) is 19.4. The smallest absolute Gasteiger partial charge is 0.146 e. The molecule has 6 aromatic carbocycles. The molecule has 2 aromatic heterocycles. The highest BCUT2D eigenvalue weighted by Gasteiger charge is 2.28. The molecule has 2 heterocycles. The van der Waals surface area contributed by atoms with Crippen molar-refractivity contribution in [1.29, 1.82) is 0 Å². The van der Waals surface area contributed by atoms with Gasteiger partial charge in [0.25, 0.3) is 0 Å². The van der Waals surface area contributed by atoms with Crippen LogP contribution in [0.3, 0.4) is 0 Å². The van der Waals surface area contributed by atoms with Crippen LogP contribution in [0.1, 0.15) is 0 Å². The van der Waals surface area contributed by atoms with Crippen molar-refractivity contribution in [2.24, 2.45) is 0 Å². The molecule has 0 aliphatic heterocycles. The molecule has 0 atom stereocenters. The van der Waals surface area contributed by atoms with Crippen LogP contribution in [-0.4, -0.2) is 0 Å². The fraction of sp³-hybridized carbons (Fsp3) is 0. The molecule has 0 saturated carbocycles. The molecule has 8 rings (SSSR count). The van der Waals surface area contributed by atoms with Crippen LogP contribution in [-0.2, 0) is 0 Å². The van der Waals surface area contributed by atoms with Crippen molar-refractivity contribution < 1.29 is 4.42 Å². The second kappa shape index (κ2) is 8.87. The van der Waals surface area contributed by atoms with Crippen LogP contribution in [0.15, 0.2) is 144 Å². The zero-order chi connectivity index (χ0) is 25.8. The topological polar surface area (TPSA) is 16.4 Å². The molecule has 0 bridgehead atoms. The van der Waals surface area contributed by atoms with Crippen molar-refractivity contribution in [3.05, 3.63) is 140 Å². The van der Waals surface area contributed by atoms with E-state index in [0.29, 0.717) is 0 Å². The molecule has 39 heavy (non-hydrogen) atoms. The third kappa shape index (κ3) is 3.41. The number of para-hydroxylation sites is 3. The second-order valence-electron chi connectivity index (χ2n) is 9.70. The molecular weight excluding hydrogens is 494 g/mol. The number of furan rings is 1. The lowest BCUT2D eigenvalue weighted by Crippen LogP contribution is -2.11. The van der Waals surface area contributed by atoms with Gasteiger partial charge in [0.2, 0.25) is 0 Å². The zero-order valence-corrected chi connectivity index (χ0v) is 21.9. The van der Waals surface area contributed by atoms with Crippen LogP contribution in [0.5, 0.6) is 0 Å². The van der Waals surface area contributed by atoms with Crippen LogP contribution >= 0.6 is 11.3 Å². The van der Waals surface area contributed by atoms with Crippen molar-refractivity contribution in [2.45, 2.75) is 0 Å². The Morgan fingerprint density at radius 2 is 1.08 bits per heavy atom. The Morgan fingerprint density at radius 1 is 0.513 bits per heavy atom. The second-order valence-corrected chi connectivity index (χ2v) is 10.8. The SMILES string of the molecule is c1ccc(-c2c(N(c3ccccc3)c3ccccc3)c3c4ccccc4sc3c3c2oc2ccccc23)cc1.